The van der Waals surface area contributed by atoms with Gasteiger partial charge >= 0.3 is 0 Å². The van der Waals surface area contributed by atoms with E-state index in [9.17, 15) is 0 Å². The number of hydrogen-bond donors (Lipinski definition) is 1. The molecule has 0 saturated carbocycles. The highest BCUT2D eigenvalue weighted by Crippen LogP contribution is 2.28. The van der Waals surface area contributed by atoms with Crippen LogP contribution in [0, 0.1) is 0 Å². The molecule has 1 nitrogen and oxygen atoms in total. The summed E-state index contributed by atoms with van der Waals surface area (Å²) in [4.78, 5) is 0. The van der Waals surface area contributed by atoms with E-state index in [2.05, 4.69) is 46.4 Å². The van der Waals surface area contributed by atoms with E-state index in [1.807, 2.05) is 0 Å². The summed E-state index contributed by atoms with van der Waals surface area (Å²) in [6.45, 7) is 2.20. The standard InChI is InChI=1S/C9H10BrN.ClH/c1-6-4-7-5-8(10)2-3-9(7)11-6;/h2-3,5-6,11H,4H2,1H3;1H/t6-;/m1./s1. The van der Waals surface area contributed by atoms with Crippen molar-refractivity contribution in [2.45, 2.75) is 19.4 Å². The average Bonchev–Trinajstić information content (AvgIpc) is 2.27. The van der Waals surface area contributed by atoms with Crippen LogP contribution in [0.4, 0.5) is 5.69 Å². The number of fused-ring (bicyclic) bond motifs is 1. The molecule has 1 heterocycles. The van der Waals surface area contributed by atoms with Gasteiger partial charge in [0, 0.05) is 16.2 Å². The Labute approximate surface area is 87.1 Å². The summed E-state index contributed by atoms with van der Waals surface area (Å²) in [5.41, 5.74) is 2.72. The fourth-order valence-corrected chi connectivity index (χ4v) is 1.93. The maximum atomic E-state index is 3.46. The van der Waals surface area contributed by atoms with E-state index in [4.69, 9.17) is 0 Å². The molecule has 1 atom stereocenters. The Morgan fingerprint density at radius 1 is 1.50 bits per heavy atom. The number of nitrogens with one attached hydrogen (secondary N) is 1. The Balaban J connectivity index is 0.000000720. The molecule has 1 aliphatic rings. The molecule has 0 amide bonds. The Morgan fingerprint density at radius 2 is 2.25 bits per heavy atom. The highest BCUT2D eigenvalue weighted by Gasteiger charge is 2.15. The lowest BCUT2D eigenvalue weighted by Gasteiger charge is -2.00. The van der Waals surface area contributed by atoms with Crippen LogP contribution in [0.1, 0.15) is 12.5 Å². The van der Waals surface area contributed by atoms with E-state index < -0.39 is 0 Å². The number of halogens is 2. The maximum absolute atomic E-state index is 3.46. The van der Waals surface area contributed by atoms with E-state index in [0.717, 1.165) is 6.42 Å². The third kappa shape index (κ3) is 1.75. The molecule has 0 aliphatic carbocycles. The first-order valence-corrected chi connectivity index (χ1v) is 4.60. The normalized spacial score (nSPS) is 19.3. The van der Waals surface area contributed by atoms with Gasteiger partial charge in [0.25, 0.3) is 0 Å². The zero-order valence-corrected chi connectivity index (χ0v) is 9.21. The summed E-state index contributed by atoms with van der Waals surface area (Å²) in [6, 6.07) is 6.98. The largest absolute Gasteiger partial charge is 0.382 e. The maximum Gasteiger partial charge on any atom is 0.0376 e. The van der Waals surface area contributed by atoms with E-state index in [1.165, 1.54) is 15.7 Å². The van der Waals surface area contributed by atoms with Crippen LogP contribution in [-0.2, 0) is 6.42 Å². The van der Waals surface area contributed by atoms with Crippen molar-refractivity contribution < 1.29 is 0 Å². The van der Waals surface area contributed by atoms with Crippen LogP contribution in [0.15, 0.2) is 22.7 Å². The molecule has 2 rings (SSSR count). The summed E-state index contributed by atoms with van der Waals surface area (Å²) in [6.07, 6.45) is 1.15. The predicted octanol–water partition coefficient (Wildman–Crippen LogP) is 3.23. The number of benzene rings is 1. The van der Waals surface area contributed by atoms with Gasteiger partial charge in [0.1, 0.15) is 0 Å². The van der Waals surface area contributed by atoms with Crippen LogP contribution in [-0.4, -0.2) is 6.04 Å². The smallest absolute Gasteiger partial charge is 0.0376 e. The van der Waals surface area contributed by atoms with Crippen LogP contribution in [0.25, 0.3) is 0 Å². The van der Waals surface area contributed by atoms with Gasteiger partial charge in [-0.25, -0.2) is 0 Å². The molecule has 1 aliphatic heterocycles. The van der Waals surface area contributed by atoms with Crippen molar-refractivity contribution in [2.75, 3.05) is 5.32 Å². The average molecular weight is 249 g/mol. The molecule has 0 bridgehead atoms. The Bertz CT molecular complexity index is 288. The van der Waals surface area contributed by atoms with Gasteiger partial charge in [-0.15, -0.1) is 12.4 Å². The molecule has 0 fully saturated rings. The first-order chi connectivity index (χ1) is 5.25. The topological polar surface area (TPSA) is 12.0 Å². The van der Waals surface area contributed by atoms with Crippen molar-refractivity contribution in [3.63, 3.8) is 0 Å². The summed E-state index contributed by atoms with van der Waals surface area (Å²) in [5.74, 6) is 0. The minimum Gasteiger partial charge on any atom is -0.382 e. The Hall–Kier alpha value is -0.210. The molecule has 3 heteroatoms. The third-order valence-electron chi connectivity index (χ3n) is 2.00. The van der Waals surface area contributed by atoms with Gasteiger partial charge in [-0.05, 0) is 37.1 Å². The van der Waals surface area contributed by atoms with E-state index in [1.54, 1.807) is 0 Å². The van der Waals surface area contributed by atoms with Crippen molar-refractivity contribution in [1.29, 1.82) is 0 Å². The molecule has 1 aromatic carbocycles. The highest BCUT2D eigenvalue weighted by atomic mass is 79.9. The highest BCUT2D eigenvalue weighted by molar-refractivity contribution is 9.10. The van der Waals surface area contributed by atoms with E-state index >= 15 is 0 Å². The van der Waals surface area contributed by atoms with Crippen molar-refractivity contribution >= 4 is 34.0 Å². The minimum atomic E-state index is 0. The lowest BCUT2D eigenvalue weighted by atomic mass is 10.1. The van der Waals surface area contributed by atoms with Crippen molar-refractivity contribution in [3.8, 4) is 0 Å². The molecule has 12 heavy (non-hydrogen) atoms. The van der Waals surface area contributed by atoms with Gasteiger partial charge in [0.2, 0.25) is 0 Å². The van der Waals surface area contributed by atoms with Crippen LogP contribution in [0.3, 0.4) is 0 Å². The Morgan fingerprint density at radius 3 is 3.00 bits per heavy atom. The van der Waals surface area contributed by atoms with Crippen LogP contribution in [0.5, 0.6) is 0 Å². The molecule has 1 N–H and O–H groups in total. The lowest BCUT2D eigenvalue weighted by Crippen LogP contribution is -2.08. The molecule has 1 aromatic rings. The quantitative estimate of drug-likeness (QED) is 0.743. The fourth-order valence-electron chi connectivity index (χ4n) is 1.52. The SMILES string of the molecule is C[C@@H]1Cc2cc(Br)ccc2N1.Cl. The predicted molar refractivity (Wildman–Crippen MR) is 58.2 cm³/mol. The summed E-state index contributed by atoms with van der Waals surface area (Å²) in [5, 5.41) is 3.40. The molecule has 0 radical (unpaired) electrons. The van der Waals surface area contributed by atoms with Crippen molar-refractivity contribution in [1.82, 2.24) is 0 Å². The number of rotatable bonds is 0. The molecular formula is C9H11BrClN. The molecule has 66 valence electrons. The first-order valence-electron chi connectivity index (χ1n) is 3.80. The van der Waals surface area contributed by atoms with Gasteiger partial charge < -0.3 is 5.32 Å². The summed E-state index contributed by atoms with van der Waals surface area (Å²) >= 11 is 3.46. The molecule has 0 spiro atoms. The van der Waals surface area contributed by atoms with Crippen LogP contribution < -0.4 is 5.32 Å². The third-order valence-corrected chi connectivity index (χ3v) is 2.49. The second-order valence-corrected chi connectivity index (χ2v) is 3.97. The molecule has 0 saturated heterocycles. The zero-order valence-electron chi connectivity index (χ0n) is 6.80. The zero-order chi connectivity index (χ0) is 7.84. The van der Waals surface area contributed by atoms with Crippen LogP contribution in [0.2, 0.25) is 0 Å². The fraction of sp³-hybridized carbons (Fsp3) is 0.333. The second kappa shape index (κ2) is 3.67. The summed E-state index contributed by atoms with van der Waals surface area (Å²) in [7, 11) is 0. The molecule has 0 unspecified atom stereocenters. The van der Waals surface area contributed by atoms with E-state index in [-0.39, 0.29) is 12.4 Å². The van der Waals surface area contributed by atoms with Crippen molar-refractivity contribution in [2.24, 2.45) is 0 Å². The van der Waals surface area contributed by atoms with Crippen molar-refractivity contribution in [3.05, 3.63) is 28.2 Å². The molecule has 0 aromatic heterocycles. The minimum absolute atomic E-state index is 0. The first kappa shape index (κ1) is 9.87. The second-order valence-electron chi connectivity index (χ2n) is 3.05. The van der Waals surface area contributed by atoms with Gasteiger partial charge in [-0.1, -0.05) is 15.9 Å². The monoisotopic (exact) mass is 247 g/mol. The Kier molecular flexibility index (Phi) is 3.02. The number of hydrogen-bond acceptors (Lipinski definition) is 1. The van der Waals surface area contributed by atoms with Gasteiger partial charge in [0.05, 0.1) is 0 Å². The van der Waals surface area contributed by atoms with Gasteiger partial charge in [-0.2, -0.15) is 0 Å². The summed E-state index contributed by atoms with van der Waals surface area (Å²) < 4.78 is 1.17. The van der Waals surface area contributed by atoms with Gasteiger partial charge in [0.15, 0.2) is 0 Å². The number of anilines is 1. The van der Waals surface area contributed by atoms with Gasteiger partial charge in [-0.3, -0.25) is 0 Å². The lowest BCUT2D eigenvalue weighted by molar-refractivity contribution is 0.839. The van der Waals surface area contributed by atoms with E-state index in [0.29, 0.717) is 6.04 Å². The van der Waals surface area contributed by atoms with Crippen LogP contribution >= 0.6 is 28.3 Å². The molecular weight excluding hydrogens is 237 g/mol.